The van der Waals surface area contributed by atoms with Gasteiger partial charge in [0.25, 0.3) is 0 Å². The van der Waals surface area contributed by atoms with Crippen LogP contribution in [-0.4, -0.2) is 63.2 Å². The maximum Gasteiger partial charge on any atom is 0.0109 e. The molecule has 3 nitrogen and oxygen atoms in total. The lowest BCUT2D eigenvalue weighted by Crippen LogP contribution is -2.31. The summed E-state index contributed by atoms with van der Waals surface area (Å²) in [4.78, 5) is 4.86. The van der Waals surface area contributed by atoms with Crippen LogP contribution in [0.15, 0.2) is 0 Å². The molecule has 0 radical (unpaired) electrons. The zero-order chi connectivity index (χ0) is 11.1. The standard InChI is InChI=1S/C12H27N3/c1-4-6-13-10-12-5-7-15(11-12)9-8-14(2)3/h12-13H,4-11H2,1-3H3. The number of rotatable bonds is 7. The van der Waals surface area contributed by atoms with Gasteiger partial charge in [0.05, 0.1) is 0 Å². The maximum absolute atomic E-state index is 3.53. The molecule has 1 unspecified atom stereocenters. The van der Waals surface area contributed by atoms with E-state index in [1.807, 2.05) is 0 Å². The van der Waals surface area contributed by atoms with E-state index < -0.39 is 0 Å². The van der Waals surface area contributed by atoms with Crippen LogP contribution in [0.5, 0.6) is 0 Å². The van der Waals surface area contributed by atoms with Gasteiger partial charge in [0, 0.05) is 19.6 Å². The molecule has 3 heteroatoms. The van der Waals surface area contributed by atoms with Gasteiger partial charge >= 0.3 is 0 Å². The second-order valence-electron chi connectivity index (χ2n) is 4.96. The van der Waals surface area contributed by atoms with Crippen molar-refractivity contribution >= 4 is 0 Å². The van der Waals surface area contributed by atoms with Crippen LogP contribution in [0.3, 0.4) is 0 Å². The molecule has 1 rings (SSSR count). The van der Waals surface area contributed by atoms with Gasteiger partial charge in [0.15, 0.2) is 0 Å². The highest BCUT2D eigenvalue weighted by atomic mass is 15.2. The summed E-state index contributed by atoms with van der Waals surface area (Å²) in [5.74, 6) is 0.888. The second kappa shape index (κ2) is 7.20. The summed E-state index contributed by atoms with van der Waals surface area (Å²) in [5, 5.41) is 3.53. The summed E-state index contributed by atoms with van der Waals surface area (Å²) in [6.07, 6.45) is 2.63. The fraction of sp³-hybridized carbons (Fsp3) is 1.00. The van der Waals surface area contributed by atoms with Gasteiger partial charge in [-0.1, -0.05) is 6.92 Å². The Hall–Kier alpha value is -0.120. The molecule has 1 fully saturated rings. The van der Waals surface area contributed by atoms with Gasteiger partial charge in [-0.3, -0.25) is 0 Å². The van der Waals surface area contributed by atoms with Crippen LogP contribution < -0.4 is 5.32 Å². The van der Waals surface area contributed by atoms with E-state index in [1.165, 1.54) is 52.1 Å². The number of nitrogens with zero attached hydrogens (tertiary/aromatic N) is 2. The summed E-state index contributed by atoms with van der Waals surface area (Å²) < 4.78 is 0. The fourth-order valence-electron chi connectivity index (χ4n) is 2.11. The molecule has 0 aromatic rings. The Balaban J connectivity index is 2.04. The molecule has 1 aliphatic heterocycles. The number of hydrogen-bond acceptors (Lipinski definition) is 3. The van der Waals surface area contributed by atoms with Crippen molar-refractivity contribution in [2.45, 2.75) is 19.8 Å². The van der Waals surface area contributed by atoms with Crippen molar-refractivity contribution in [2.75, 3.05) is 53.4 Å². The largest absolute Gasteiger partial charge is 0.316 e. The van der Waals surface area contributed by atoms with Gasteiger partial charge in [-0.05, 0) is 52.5 Å². The van der Waals surface area contributed by atoms with Crippen molar-refractivity contribution < 1.29 is 0 Å². The minimum absolute atomic E-state index is 0.888. The molecule has 1 N–H and O–H groups in total. The van der Waals surface area contributed by atoms with Gasteiger partial charge in [-0.2, -0.15) is 0 Å². The average Bonchev–Trinajstić information content (AvgIpc) is 2.63. The van der Waals surface area contributed by atoms with Crippen LogP contribution in [0, 0.1) is 5.92 Å². The van der Waals surface area contributed by atoms with E-state index in [2.05, 4.69) is 36.1 Å². The van der Waals surface area contributed by atoms with Crippen molar-refractivity contribution in [3.05, 3.63) is 0 Å². The number of hydrogen-bond donors (Lipinski definition) is 1. The summed E-state index contributed by atoms with van der Waals surface area (Å²) in [5.41, 5.74) is 0. The van der Waals surface area contributed by atoms with Crippen LogP contribution in [0.4, 0.5) is 0 Å². The minimum Gasteiger partial charge on any atom is -0.316 e. The van der Waals surface area contributed by atoms with E-state index >= 15 is 0 Å². The molecule has 0 aromatic heterocycles. The fourth-order valence-corrected chi connectivity index (χ4v) is 2.11. The molecule has 0 bridgehead atoms. The van der Waals surface area contributed by atoms with Gasteiger partial charge in [-0.15, -0.1) is 0 Å². The SMILES string of the molecule is CCCNCC1CCN(CCN(C)C)C1. The predicted octanol–water partition coefficient (Wildman–Crippen LogP) is 0.870. The first-order valence-corrected chi connectivity index (χ1v) is 6.30. The first-order chi connectivity index (χ1) is 7.22. The number of likely N-dealkylation sites (tertiary alicyclic amines) is 1. The first kappa shape index (κ1) is 12.9. The summed E-state index contributed by atoms with van der Waals surface area (Å²) in [7, 11) is 4.30. The van der Waals surface area contributed by atoms with E-state index in [1.54, 1.807) is 0 Å². The number of nitrogens with one attached hydrogen (secondary N) is 1. The number of likely N-dealkylation sites (N-methyl/N-ethyl adjacent to an activating group) is 1. The molecule has 0 aliphatic carbocycles. The molecule has 1 saturated heterocycles. The highest BCUT2D eigenvalue weighted by Gasteiger charge is 2.21. The van der Waals surface area contributed by atoms with E-state index in [0.29, 0.717) is 0 Å². The Morgan fingerprint density at radius 2 is 2.20 bits per heavy atom. The zero-order valence-electron chi connectivity index (χ0n) is 10.6. The summed E-state index contributed by atoms with van der Waals surface area (Å²) in [6.45, 7) is 9.63. The topological polar surface area (TPSA) is 18.5 Å². The van der Waals surface area contributed by atoms with E-state index in [-0.39, 0.29) is 0 Å². The minimum atomic E-state index is 0.888. The lowest BCUT2D eigenvalue weighted by Gasteiger charge is -2.18. The Morgan fingerprint density at radius 1 is 1.40 bits per heavy atom. The molecule has 0 saturated carbocycles. The summed E-state index contributed by atoms with van der Waals surface area (Å²) >= 11 is 0. The van der Waals surface area contributed by atoms with E-state index in [0.717, 1.165) is 5.92 Å². The molecule has 1 heterocycles. The third-order valence-electron chi connectivity index (χ3n) is 3.09. The van der Waals surface area contributed by atoms with Gasteiger partial charge in [-0.25, -0.2) is 0 Å². The lowest BCUT2D eigenvalue weighted by atomic mass is 10.1. The molecular formula is C12H27N3. The Bertz CT molecular complexity index is 159. The zero-order valence-corrected chi connectivity index (χ0v) is 10.6. The van der Waals surface area contributed by atoms with E-state index in [9.17, 15) is 0 Å². The average molecular weight is 213 g/mol. The van der Waals surface area contributed by atoms with Crippen LogP contribution in [0.25, 0.3) is 0 Å². The van der Waals surface area contributed by atoms with Gasteiger partial charge in [0.1, 0.15) is 0 Å². The quantitative estimate of drug-likeness (QED) is 0.633. The normalized spacial score (nSPS) is 22.8. The molecule has 0 spiro atoms. The molecule has 1 aliphatic rings. The molecule has 1 atom stereocenters. The molecular weight excluding hydrogens is 186 g/mol. The molecule has 0 amide bonds. The van der Waals surface area contributed by atoms with Gasteiger partial charge < -0.3 is 15.1 Å². The van der Waals surface area contributed by atoms with Crippen LogP contribution >= 0.6 is 0 Å². The molecule has 0 aromatic carbocycles. The highest BCUT2D eigenvalue weighted by Crippen LogP contribution is 2.14. The monoisotopic (exact) mass is 213 g/mol. The smallest absolute Gasteiger partial charge is 0.0109 e. The molecule has 15 heavy (non-hydrogen) atoms. The summed E-state index contributed by atoms with van der Waals surface area (Å²) in [6, 6.07) is 0. The Morgan fingerprint density at radius 3 is 2.87 bits per heavy atom. The first-order valence-electron chi connectivity index (χ1n) is 6.30. The third kappa shape index (κ3) is 5.50. The van der Waals surface area contributed by atoms with Crippen molar-refractivity contribution in [1.82, 2.24) is 15.1 Å². The van der Waals surface area contributed by atoms with Crippen molar-refractivity contribution in [3.8, 4) is 0 Å². The van der Waals surface area contributed by atoms with E-state index in [4.69, 9.17) is 0 Å². The van der Waals surface area contributed by atoms with Crippen LogP contribution in [-0.2, 0) is 0 Å². The predicted molar refractivity (Wildman–Crippen MR) is 66.3 cm³/mol. The molecule has 90 valence electrons. The second-order valence-corrected chi connectivity index (χ2v) is 4.96. The van der Waals surface area contributed by atoms with Crippen molar-refractivity contribution in [1.29, 1.82) is 0 Å². The highest BCUT2D eigenvalue weighted by molar-refractivity contribution is 4.77. The van der Waals surface area contributed by atoms with Gasteiger partial charge in [0.2, 0.25) is 0 Å². The van der Waals surface area contributed by atoms with Crippen molar-refractivity contribution in [2.24, 2.45) is 5.92 Å². The maximum atomic E-state index is 3.53. The van der Waals surface area contributed by atoms with Crippen LogP contribution in [0.1, 0.15) is 19.8 Å². The van der Waals surface area contributed by atoms with Crippen LogP contribution in [0.2, 0.25) is 0 Å². The lowest BCUT2D eigenvalue weighted by molar-refractivity contribution is 0.274. The third-order valence-corrected chi connectivity index (χ3v) is 3.09. The Labute approximate surface area is 94.8 Å². The van der Waals surface area contributed by atoms with Crippen molar-refractivity contribution in [3.63, 3.8) is 0 Å². The Kier molecular flexibility index (Phi) is 6.22.